The van der Waals surface area contributed by atoms with E-state index in [2.05, 4.69) is 23.5 Å². The van der Waals surface area contributed by atoms with E-state index < -0.39 is 11.4 Å². The zero-order valence-corrected chi connectivity index (χ0v) is 15.2. The maximum Gasteiger partial charge on any atom is 0.310 e. The molecule has 1 aromatic rings. The first-order valence-corrected chi connectivity index (χ1v) is 9.24. The van der Waals surface area contributed by atoms with E-state index in [-0.39, 0.29) is 18.5 Å². The van der Waals surface area contributed by atoms with E-state index in [1.165, 1.54) is 24.0 Å². The van der Waals surface area contributed by atoms with E-state index in [0.717, 1.165) is 18.4 Å². The molecule has 1 aromatic carbocycles. The van der Waals surface area contributed by atoms with Crippen molar-refractivity contribution in [2.45, 2.75) is 52.0 Å². The molecule has 2 N–H and O–H groups in total. The van der Waals surface area contributed by atoms with Gasteiger partial charge in [0, 0.05) is 6.54 Å². The Morgan fingerprint density at radius 2 is 2.00 bits per heavy atom. The van der Waals surface area contributed by atoms with Crippen molar-refractivity contribution in [1.29, 1.82) is 0 Å². The third-order valence-corrected chi connectivity index (χ3v) is 5.69. The number of fused-ring (bicyclic) bond motifs is 1. The van der Waals surface area contributed by atoms with Gasteiger partial charge in [-0.2, -0.15) is 0 Å². The average Bonchev–Trinajstić information content (AvgIpc) is 2.96. The minimum Gasteiger partial charge on any atom is -0.481 e. The Morgan fingerprint density at radius 1 is 1.28 bits per heavy atom. The predicted octanol–water partition coefficient (Wildman–Crippen LogP) is 2.54. The van der Waals surface area contributed by atoms with Crippen molar-refractivity contribution in [2.24, 2.45) is 5.41 Å². The highest BCUT2D eigenvalue weighted by Crippen LogP contribution is 2.30. The molecule has 0 spiro atoms. The fraction of sp³-hybridized carbons (Fsp3) is 0.600. The number of carbonyl (C=O) groups excluding carboxylic acids is 1. The molecule has 0 aromatic heterocycles. The summed E-state index contributed by atoms with van der Waals surface area (Å²) in [6.07, 6.45) is 5.40. The number of nitrogens with zero attached hydrogens (tertiary/aromatic N) is 1. The summed E-state index contributed by atoms with van der Waals surface area (Å²) in [6, 6.07) is 6.52. The summed E-state index contributed by atoms with van der Waals surface area (Å²) in [6.45, 7) is 5.11. The van der Waals surface area contributed by atoms with Crippen LogP contribution in [0.3, 0.4) is 0 Å². The van der Waals surface area contributed by atoms with Gasteiger partial charge in [-0.05, 0) is 69.2 Å². The molecule has 136 valence electrons. The lowest BCUT2D eigenvalue weighted by atomic mass is 9.89. The molecule has 3 rings (SSSR count). The van der Waals surface area contributed by atoms with Gasteiger partial charge >= 0.3 is 5.97 Å². The third kappa shape index (κ3) is 4.03. The predicted molar refractivity (Wildman–Crippen MR) is 96.4 cm³/mol. The summed E-state index contributed by atoms with van der Waals surface area (Å²) >= 11 is 0. The number of hydrogen-bond donors (Lipinski definition) is 2. The Kier molecular flexibility index (Phi) is 5.13. The summed E-state index contributed by atoms with van der Waals surface area (Å²) in [5.41, 5.74) is 3.27. The van der Waals surface area contributed by atoms with Crippen LogP contribution in [0.15, 0.2) is 18.2 Å². The number of carbonyl (C=O) groups is 2. The van der Waals surface area contributed by atoms with Crippen LogP contribution in [0, 0.1) is 5.41 Å². The topological polar surface area (TPSA) is 69.6 Å². The zero-order valence-electron chi connectivity index (χ0n) is 15.2. The molecule has 2 atom stereocenters. The highest BCUT2D eigenvalue weighted by molar-refractivity contribution is 5.79. The van der Waals surface area contributed by atoms with Gasteiger partial charge in [0.2, 0.25) is 5.91 Å². The van der Waals surface area contributed by atoms with Crippen molar-refractivity contribution in [3.63, 3.8) is 0 Å². The summed E-state index contributed by atoms with van der Waals surface area (Å²) in [7, 11) is 0. The van der Waals surface area contributed by atoms with Crippen molar-refractivity contribution in [3.05, 3.63) is 34.9 Å². The standard InChI is InChI=1S/C20H28N2O3/c1-14(16-8-7-15-5-3-4-6-17(15)11-16)21-18(23)12-22-10-9-20(2,13-22)19(24)25/h7-8,11,14H,3-6,9-10,12-13H2,1-2H3,(H,21,23)(H,24,25). The van der Waals surface area contributed by atoms with Crippen LogP contribution in [-0.4, -0.2) is 41.5 Å². The molecule has 1 heterocycles. The van der Waals surface area contributed by atoms with Gasteiger partial charge in [0.25, 0.3) is 0 Å². The highest BCUT2D eigenvalue weighted by Gasteiger charge is 2.40. The number of carboxylic acid groups (broad SMARTS) is 1. The molecule has 0 saturated carbocycles. The number of carboxylic acids is 1. The minimum absolute atomic E-state index is 0.0341. The SMILES string of the molecule is CC(NC(=O)CN1CCC(C)(C(=O)O)C1)c1ccc2c(c1)CCCC2. The Hall–Kier alpha value is -1.88. The smallest absolute Gasteiger partial charge is 0.310 e. The van der Waals surface area contributed by atoms with Crippen molar-refractivity contribution in [2.75, 3.05) is 19.6 Å². The molecular weight excluding hydrogens is 316 g/mol. The van der Waals surface area contributed by atoms with E-state index in [1.54, 1.807) is 6.92 Å². The number of hydrogen-bond acceptors (Lipinski definition) is 3. The maximum absolute atomic E-state index is 12.4. The lowest BCUT2D eigenvalue weighted by Crippen LogP contribution is -2.39. The fourth-order valence-electron chi connectivity index (χ4n) is 3.96. The Bertz CT molecular complexity index is 673. The third-order valence-electron chi connectivity index (χ3n) is 5.69. The fourth-order valence-corrected chi connectivity index (χ4v) is 3.96. The van der Waals surface area contributed by atoms with Crippen LogP contribution < -0.4 is 5.32 Å². The molecule has 1 aliphatic heterocycles. The van der Waals surface area contributed by atoms with Crippen LogP contribution >= 0.6 is 0 Å². The second-order valence-corrected chi connectivity index (χ2v) is 7.85. The summed E-state index contributed by atoms with van der Waals surface area (Å²) in [5.74, 6) is -0.822. The first-order chi connectivity index (χ1) is 11.9. The number of aliphatic carboxylic acids is 1. The van der Waals surface area contributed by atoms with Crippen LogP contribution in [-0.2, 0) is 22.4 Å². The minimum atomic E-state index is -0.780. The van der Waals surface area contributed by atoms with E-state index in [1.807, 2.05) is 11.8 Å². The molecule has 25 heavy (non-hydrogen) atoms. The quantitative estimate of drug-likeness (QED) is 0.861. The summed E-state index contributed by atoms with van der Waals surface area (Å²) in [5, 5.41) is 12.3. The van der Waals surface area contributed by atoms with Crippen LogP contribution in [0.1, 0.15) is 55.8 Å². The molecule has 0 radical (unpaired) electrons. The van der Waals surface area contributed by atoms with E-state index >= 15 is 0 Å². The summed E-state index contributed by atoms with van der Waals surface area (Å²) in [4.78, 5) is 25.6. The molecule has 1 amide bonds. The second kappa shape index (κ2) is 7.16. The molecule has 2 unspecified atom stereocenters. The normalized spacial score (nSPS) is 24.6. The van der Waals surface area contributed by atoms with Crippen LogP contribution in [0.4, 0.5) is 0 Å². The van der Waals surface area contributed by atoms with Crippen LogP contribution in [0.25, 0.3) is 0 Å². The van der Waals surface area contributed by atoms with Gasteiger partial charge in [-0.3, -0.25) is 14.5 Å². The maximum atomic E-state index is 12.4. The van der Waals surface area contributed by atoms with Crippen LogP contribution in [0.2, 0.25) is 0 Å². The number of amides is 1. The molecular formula is C20H28N2O3. The van der Waals surface area contributed by atoms with Crippen LogP contribution in [0.5, 0.6) is 0 Å². The van der Waals surface area contributed by atoms with Gasteiger partial charge in [0.05, 0.1) is 18.0 Å². The Labute approximate surface area is 149 Å². The number of nitrogens with one attached hydrogen (secondary N) is 1. The van der Waals surface area contributed by atoms with Gasteiger partial charge in [-0.1, -0.05) is 18.2 Å². The van der Waals surface area contributed by atoms with E-state index in [0.29, 0.717) is 19.5 Å². The lowest BCUT2D eigenvalue weighted by Gasteiger charge is -2.22. The molecule has 1 fully saturated rings. The Morgan fingerprint density at radius 3 is 2.68 bits per heavy atom. The average molecular weight is 344 g/mol. The second-order valence-electron chi connectivity index (χ2n) is 7.85. The first kappa shape index (κ1) is 17.9. The molecule has 0 bridgehead atoms. The monoisotopic (exact) mass is 344 g/mol. The largest absolute Gasteiger partial charge is 0.481 e. The first-order valence-electron chi connectivity index (χ1n) is 9.24. The number of likely N-dealkylation sites (tertiary alicyclic amines) is 1. The number of aryl methyl sites for hydroxylation is 2. The van der Waals surface area contributed by atoms with Crippen molar-refractivity contribution < 1.29 is 14.7 Å². The van der Waals surface area contributed by atoms with Gasteiger partial charge in [-0.15, -0.1) is 0 Å². The zero-order chi connectivity index (χ0) is 18.0. The Balaban J connectivity index is 1.55. The molecule has 5 heteroatoms. The van der Waals surface area contributed by atoms with Gasteiger partial charge in [0.15, 0.2) is 0 Å². The van der Waals surface area contributed by atoms with E-state index in [9.17, 15) is 14.7 Å². The molecule has 5 nitrogen and oxygen atoms in total. The summed E-state index contributed by atoms with van der Waals surface area (Å²) < 4.78 is 0. The van der Waals surface area contributed by atoms with Crippen molar-refractivity contribution >= 4 is 11.9 Å². The van der Waals surface area contributed by atoms with E-state index in [4.69, 9.17) is 0 Å². The lowest BCUT2D eigenvalue weighted by molar-refractivity contribution is -0.147. The highest BCUT2D eigenvalue weighted by atomic mass is 16.4. The molecule has 1 saturated heterocycles. The van der Waals surface area contributed by atoms with Gasteiger partial charge in [-0.25, -0.2) is 0 Å². The number of benzene rings is 1. The van der Waals surface area contributed by atoms with Crippen molar-refractivity contribution in [1.82, 2.24) is 10.2 Å². The number of rotatable bonds is 5. The van der Waals surface area contributed by atoms with Gasteiger partial charge < -0.3 is 10.4 Å². The molecule has 2 aliphatic rings. The van der Waals surface area contributed by atoms with Gasteiger partial charge in [0.1, 0.15) is 0 Å². The van der Waals surface area contributed by atoms with Crippen molar-refractivity contribution in [3.8, 4) is 0 Å². The molecule has 1 aliphatic carbocycles.